The number of hydrogen-bond donors (Lipinski definition) is 1. The summed E-state index contributed by atoms with van der Waals surface area (Å²) in [6.45, 7) is 7.16. The SMILES string of the molecule is C/C(=C\c1ccc(Cl)cc1Cl)n1cncn1.CC(C)(C)O. The highest BCUT2D eigenvalue weighted by Crippen LogP contribution is 2.23. The fourth-order valence-corrected chi connectivity index (χ4v) is 1.76. The topological polar surface area (TPSA) is 50.9 Å². The van der Waals surface area contributed by atoms with Gasteiger partial charge in [-0.2, -0.15) is 5.10 Å². The van der Waals surface area contributed by atoms with Crippen LogP contribution in [-0.2, 0) is 0 Å². The van der Waals surface area contributed by atoms with E-state index < -0.39 is 5.60 Å². The molecule has 2 aromatic rings. The summed E-state index contributed by atoms with van der Waals surface area (Å²) in [7, 11) is 0. The molecule has 0 saturated heterocycles. The molecule has 1 aromatic heterocycles. The predicted octanol–water partition coefficient (Wildman–Crippen LogP) is 4.38. The van der Waals surface area contributed by atoms with E-state index in [4.69, 9.17) is 28.3 Å². The smallest absolute Gasteiger partial charge is 0.138 e. The molecule has 0 atom stereocenters. The van der Waals surface area contributed by atoms with Gasteiger partial charge in [0.25, 0.3) is 0 Å². The Bertz CT molecular complexity index is 596. The second kappa shape index (κ2) is 7.59. The number of aromatic nitrogens is 3. The molecule has 0 bridgehead atoms. The molecule has 4 nitrogen and oxygen atoms in total. The van der Waals surface area contributed by atoms with E-state index in [9.17, 15) is 0 Å². The number of allylic oxidation sites excluding steroid dienone is 1. The van der Waals surface area contributed by atoms with Crippen molar-refractivity contribution in [1.29, 1.82) is 0 Å². The number of aliphatic hydroxyl groups is 1. The highest BCUT2D eigenvalue weighted by molar-refractivity contribution is 6.35. The van der Waals surface area contributed by atoms with Gasteiger partial charge in [-0.1, -0.05) is 29.3 Å². The summed E-state index contributed by atoms with van der Waals surface area (Å²) >= 11 is 11.9. The van der Waals surface area contributed by atoms with Gasteiger partial charge in [-0.3, -0.25) is 0 Å². The van der Waals surface area contributed by atoms with Crippen molar-refractivity contribution in [3.8, 4) is 0 Å². The average Bonchev–Trinajstić information content (AvgIpc) is 2.84. The largest absolute Gasteiger partial charge is 0.391 e. The maximum atomic E-state index is 8.52. The second-order valence-corrected chi connectivity index (χ2v) is 6.31. The van der Waals surface area contributed by atoms with Crippen LogP contribution in [0.4, 0.5) is 0 Å². The van der Waals surface area contributed by atoms with Crippen LogP contribution in [0.25, 0.3) is 11.8 Å². The first-order valence-corrected chi connectivity index (χ1v) is 7.13. The third-order valence-electron chi connectivity index (χ3n) is 2.11. The fraction of sp³-hybridized carbons (Fsp3) is 0.333. The molecule has 0 aliphatic heterocycles. The molecule has 0 aliphatic carbocycles. The van der Waals surface area contributed by atoms with Gasteiger partial charge in [0.2, 0.25) is 0 Å². The van der Waals surface area contributed by atoms with Crippen molar-refractivity contribution in [2.24, 2.45) is 0 Å². The molecule has 1 N–H and O–H groups in total. The Morgan fingerprint density at radius 3 is 2.38 bits per heavy atom. The van der Waals surface area contributed by atoms with Crippen molar-refractivity contribution in [1.82, 2.24) is 14.8 Å². The van der Waals surface area contributed by atoms with Gasteiger partial charge in [-0.15, -0.1) is 0 Å². The van der Waals surface area contributed by atoms with Gasteiger partial charge >= 0.3 is 0 Å². The minimum atomic E-state index is -0.500. The lowest BCUT2D eigenvalue weighted by Crippen LogP contribution is -2.10. The van der Waals surface area contributed by atoms with E-state index in [1.54, 1.807) is 43.9 Å². The Morgan fingerprint density at radius 2 is 1.90 bits per heavy atom. The molecule has 114 valence electrons. The van der Waals surface area contributed by atoms with Crippen molar-refractivity contribution in [3.05, 3.63) is 46.5 Å². The Morgan fingerprint density at radius 1 is 1.29 bits per heavy atom. The zero-order valence-corrected chi connectivity index (χ0v) is 14.0. The van der Waals surface area contributed by atoms with Crippen LogP contribution < -0.4 is 0 Å². The minimum Gasteiger partial charge on any atom is -0.391 e. The van der Waals surface area contributed by atoms with Crippen molar-refractivity contribution in [2.75, 3.05) is 0 Å². The average molecular weight is 328 g/mol. The van der Waals surface area contributed by atoms with Crippen LogP contribution >= 0.6 is 23.2 Å². The summed E-state index contributed by atoms with van der Waals surface area (Å²) in [6.07, 6.45) is 5.05. The first-order valence-electron chi connectivity index (χ1n) is 6.37. The van der Waals surface area contributed by atoms with E-state index in [0.717, 1.165) is 11.3 Å². The number of hydrogen-bond acceptors (Lipinski definition) is 3. The van der Waals surface area contributed by atoms with Crippen LogP contribution in [0.1, 0.15) is 33.3 Å². The van der Waals surface area contributed by atoms with Crippen molar-refractivity contribution in [2.45, 2.75) is 33.3 Å². The molecule has 6 heteroatoms. The zero-order valence-electron chi connectivity index (χ0n) is 12.5. The van der Waals surface area contributed by atoms with E-state index in [-0.39, 0.29) is 0 Å². The summed E-state index contributed by atoms with van der Waals surface area (Å²) in [6, 6.07) is 5.38. The molecule has 0 fully saturated rings. The highest BCUT2D eigenvalue weighted by Gasteiger charge is 2.00. The lowest BCUT2D eigenvalue weighted by molar-refractivity contribution is 0.102. The lowest BCUT2D eigenvalue weighted by atomic mass is 10.2. The highest BCUT2D eigenvalue weighted by atomic mass is 35.5. The molecule has 0 aliphatic rings. The van der Waals surface area contributed by atoms with Crippen LogP contribution in [-0.4, -0.2) is 25.5 Å². The van der Waals surface area contributed by atoms with Crippen LogP contribution in [0.5, 0.6) is 0 Å². The Labute approximate surface area is 135 Å². The summed E-state index contributed by atoms with van der Waals surface area (Å²) in [5.41, 5.74) is 1.33. The molecule has 0 spiro atoms. The molecular formula is C15H19Cl2N3O. The first kappa shape index (κ1) is 17.7. The Hall–Kier alpha value is -1.36. The van der Waals surface area contributed by atoms with Gasteiger partial charge in [0, 0.05) is 15.7 Å². The maximum absolute atomic E-state index is 8.52. The van der Waals surface area contributed by atoms with E-state index in [2.05, 4.69) is 10.1 Å². The summed E-state index contributed by atoms with van der Waals surface area (Å²) in [4.78, 5) is 3.88. The summed E-state index contributed by atoms with van der Waals surface area (Å²) in [5, 5.41) is 13.8. The van der Waals surface area contributed by atoms with Crippen molar-refractivity contribution >= 4 is 35.0 Å². The molecule has 21 heavy (non-hydrogen) atoms. The van der Waals surface area contributed by atoms with Crippen LogP contribution in [0, 0.1) is 0 Å². The number of benzene rings is 1. The molecule has 0 radical (unpaired) electrons. The monoisotopic (exact) mass is 327 g/mol. The van der Waals surface area contributed by atoms with Crippen LogP contribution in [0.2, 0.25) is 10.0 Å². The van der Waals surface area contributed by atoms with Gasteiger partial charge in [0.15, 0.2) is 0 Å². The second-order valence-electron chi connectivity index (χ2n) is 5.46. The van der Waals surface area contributed by atoms with Gasteiger partial charge in [0.1, 0.15) is 12.7 Å². The number of rotatable bonds is 2. The maximum Gasteiger partial charge on any atom is 0.138 e. The third-order valence-corrected chi connectivity index (χ3v) is 2.67. The molecule has 2 rings (SSSR count). The van der Waals surface area contributed by atoms with E-state index >= 15 is 0 Å². The minimum absolute atomic E-state index is 0.500. The molecule has 0 unspecified atom stereocenters. The van der Waals surface area contributed by atoms with Crippen LogP contribution in [0.15, 0.2) is 30.9 Å². The summed E-state index contributed by atoms with van der Waals surface area (Å²) < 4.78 is 1.67. The van der Waals surface area contributed by atoms with Gasteiger partial charge in [0.05, 0.1) is 5.60 Å². The predicted molar refractivity (Wildman–Crippen MR) is 88.3 cm³/mol. The Kier molecular flexibility index (Phi) is 6.40. The van der Waals surface area contributed by atoms with Gasteiger partial charge < -0.3 is 5.11 Å². The summed E-state index contributed by atoms with van der Waals surface area (Å²) in [5.74, 6) is 0. The fourth-order valence-electron chi connectivity index (χ4n) is 1.30. The molecule has 0 amide bonds. The van der Waals surface area contributed by atoms with E-state index in [1.807, 2.05) is 19.1 Å². The Balaban J connectivity index is 0.000000383. The standard InChI is InChI=1S/C11H9Cl2N3.C4H10O/c1-8(16-7-14-6-15-16)4-9-2-3-10(12)5-11(9)13;1-4(2,3)5/h2-7H,1H3;5H,1-3H3/b8-4+;. The molecule has 1 heterocycles. The molecular weight excluding hydrogens is 309 g/mol. The van der Waals surface area contributed by atoms with Crippen LogP contribution in [0.3, 0.4) is 0 Å². The molecule has 0 saturated carbocycles. The third kappa shape index (κ3) is 7.27. The van der Waals surface area contributed by atoms with Gasteiger partial charge in [-0.25, -0.2) is 9.67 Å². The van der Waals surface area contributed by atoms with Crippen molar-refractivity contribution in [3.63, 3.8) is 0 Å². The number of nitrogens with zero attached hydrogens (tertiary/aromatic N) is 3. The first-order chi connectivity index (χ1) is 9.66. The number of halogens is 2. The van der Waals surface area contributed by atoms with E-state index in [1.165, 1.54) is 6.33 Å². The van der Waals surface area contributed by atoms with E-state index in [0.29, 0.717) is 10.0 Å². The molecule has 1 aromatic carbocycles. The van der Waals surface area contributed by atoms with Crippen molar-refractivity contribution < 1.29 is 5.11 Å². The lowest BCUT2D eigenvalue weighted by Gasteiger charge is -2.04. The normalized spacial score (nSPS) is 11.9. The van der Waals surface area contributed by atoms with Gasteiger partial charge in [-0.05, 0) is 51.5 Å². The zero-order chi connectivity index (χ0) is 16.0. The quantitative estimate of drug-likeness (QED) is 0.890.